The van der Waals surface area contributed by atoms with Crippen molar-refractivity contribution in [2.75, 3.05) is 11.4 Å². The summed E-state index contributed by atoms with van der Waals surface area (Å²) in [4.78, 5) is 14.6. The summed E-state index contributed by atoms with van der Waals surface area (Å²) in [5.74, 6) is -0.299. The van der Waals surface area contributed by atoms with Gasteiger partial charge in [0, 0.05) is 19.5 Å². The van der Waals surface area contributed by atoms with Crippen molar-refractivity contribution in [3.63, 3.8) is 0 Å². The van der Waals surface area contributed by atoms with E-state index in [1.165, 1.54) is 18.2 Å². The maximum Gasteiger partial charge on any atom is 0.286 e. The first kappa shape index (κ1) is 20.8. The molecule has 2 aliphatic rings. The third kappa shape index (κ3) is 3.94. The Morgan fingerprint density at radius 2 is 2.03 bits per heavy atom. The Morgan fingerprint density at radius 3 is 2.80 bits per heavy atom. The number of fused-ring (bicyclic) bond motifs is 3. The van der Waals surface area contributed by atoms with Crippen LogP contribution in [-0.2, 0) is 16.6 Å². The van der Waals surface area contributed by atoms with Crippen molar-refractivity contribution in [2.45, 2.75) is 44.0 Å². The zero-order valence-electron chi connectivity index (χ0n) is 16.4. The minimum absolute atomic E-state index is 0.0136. The molecule has 0 atom stereocenters. The SMILES string of the molecule is Cc1cc(CNC(=O)c2cc3c(cc2Cl)N2CCCCCC2=NS3(=O)=O)ccc1F. The summed E-state index contributed by atoms with van der Waals surface area (Å²) >= 11 is 6.38. The second-order valence-corrected chi connectivity index (χ2v) is 9.49. The Morgan fingerprint density at radius 1 is 1.23 bits per heavy atom. The molecule has 9 heteroatoms. The first-order valence-electron chi connectivity index (χ1n) is 9.74. The number of aryl methyl sites for hydroxylation is 1. The number of carbonyl (C=O) groups is 1. The van der Waals surface area contributed by atoms with Gasteiger partial charge in [0.15, 0.2) is 0 Å². The number of anilines is 1. The van der Waals surface area contributed by atoms with Crippen molar-refractivity contribution in [3.8, 4) is 0 Å². The average molecular weight is 450 g/mol. The van der Waals surface area contributed by atoms with E-state index in [9.17, 15) is 17.6 Å². The zero-order valence-corrected chi connectivity index (χ0v) is 18.0. The van der Waals surface area contributed by atoms with Gasteiger partial charge < -0.3 is 10.2 Å². The van der Waals surface area contributed by atoms with E-state index in [1.807, 2.05) is 4.90 Å². The van der Waals surface area contributed by atoms with Crippen molar-refractivity contribution in [2.24, 2.45) is 4.40 Å². The quantitative estimate of drug-likeness (QED) is 0.761. The highest BCUT2D eigenvalue weighted by Gasteiger charge is 2.33. The molecular formula is C21H21ClFN3O3S. The highest BCUT2D eigenvalue weighted by Crippen LogP contribution is 2.37. The van der Waals surface area contributed by atoms with E-state index >= 15 is 0 Å². The van der Waals surface area contributed by atoms with Gasteiger partial charge in [-0.25, -0.2) is 4.39 Å². The number of benzene rings is 2. The van der Waals surface area contributed by atoms with Gasteiger partial charge in [-0.05, 0) is 49.1 Å². The molecule has 2 aromatic rings. The molecule has 0 saturated carbocycles. The molecule has 0 spiro atoms. The van der Waals surface area contributed by atoms with Crippen molar-refractivity contribution >= 4 is 39.1 Å². The molecule has 2 aliphatic heterocycles. The molecule has 2 aromatic carbocycles. The van der Waals surface area contributed by atoms with E-state index < -0.39 is 15.9 Å². The second-order valence-electron chi connectivity index (χ2n) is 7.51. The van der Waals surface area contributed by atoms with Gasteiger partial charge in [-0.3, -0.25) is 4.79 Å². The molecule has 1 N–H and O–H groups in total. The van der Waals surface area contributed by atoms with Crippen LogP contribution >= 0.6 is 11.6 Å². The van der Waals surface area contributed by atoms with Crippen LogP contribution in [0.3, 0.4) is 0 Å². The molecule has 0 bridgehead atoms. The standard InChI is InChI=1S/C21H21ClFN3O3S/c1-13-9-14(6-7-17(13)23)12-24-21(27)15-10-19-18(11-16(15)22)26-8-4-2-3-5-20(26)25-30(19,28)29/h6-7,9-11H,2-5,8,12H2,1H3,(H,24,27). The zero-order chi connectivity index (χ0) is 21.5. The monoisotopic (exact) mass is 449 g/mol. The smallest absolute Gasteiger partial charge is 0.286 e. The fraction of sp³-hybridized carbons (Fsp3) is 0.333. The number of halogens is 2. The number of rotatable bonds is 3. The predicted molar refractivity (Wildman–Crippen MR) is 114 cm³/mol. The molecule has 6 nitrogen and oxygen atoms in total. The lowest BCUT2D eigenvalue weighted by atomic mass is 10.1. The normalized spacial score (nSPS) is 17.4. The van der Waals surface area contributed by atoms with E-state index in [2.05, 4.69) is 9.71 Å². The molecule has 0 aliphatic carbocycles. The molecule has 0 aromatic heterocycles. The van der Waals surface area contributed by atoms with Gasteiger partial charge in [0.05, 0.1) is 16.3 Å². The number of hydrogen-bond donors (Lipinski definition) is 1. The van der Waals surface area contributed by atoms with Crippen LogP contribution in [0.1, 0.15) is 47.2 Å². The van der Waals surface area contributed by atoms with Crippen LogP contribution in [0, 0.1) is 12.7 Å². The fourth-order valence-electron chi connectivity index (χ4n) is 3.76. The Balaban J connectivity index is 1.63. The minimum Gasteiger partial charge on any atom is -0.348 e. The minimum atomic E-state index is -3.91. The molecule has 1 saturated heterocycles. The summed E-state index contributed by atoms with van der Waals surface area (Å²) in [6.45, 7) is 2.46. The summed E-state index contributed by atoms with van der Waals surface area (Å²) < 4.78 is 42.9. The first-order valence-corrected chi connectivity index (χ1v) is 11.6. The Kier molecular flexibility index (Phi) is 5.55. The van der Waals surface area contributed by atoms with E-state index in [-0.39, 0.29) is 27.8 Å². The van der Waals surface area contributed by atoms with Crippen molar-refractivity contribution < 1.29 is 17.6 Å². The summed E-state index contributed by atoms with van der Waals surface area (Å²) in [7, 11) is -3.91. The van der Waals surface area contributed by atoms with E-state index in [0.29, 0.717) is 30.1 Å². The van der Waals surface area contributed by atoms with E-state index in [0.717, 1.165) is 24.8 Å². The van der Waals surface area contributed by atoms with Gasteiger partial charge >= 0.3 is 0 Å². The van der Waals surface area contributed by atoms with Crippen LogP contribution in [-0.4, -0.2) is 26.7 Å². The van der Waals surface area contributed by atoms with Crippen LogP contribution in [0.5, 0.6) is 0 Å². The molecular weight excluding hydrogens is 429 g/mol. The van der Waals surface area contributed by atoms with Crippen LogP contribution in [0.25, 0.3) is 0 Å². The summed E-state index contributed by atoms with van der Waals surface area (Å²) in [5, 5.41) is 2.88. The van der Waals surface area contributed by atoms with Crippen molar-refractivity contribution in [1.29, 1.82) is 0 Å². The maximum atomic E-state index is 13.4. The summed E-state index contributed by atoms with van der Waals surface area (Å²) in [6, 6.07) is 7.39. The highest BCUT2D eigenvalue weighted by atomic mass is 35.5. The van der Waals surface area contributed by atoms with E-state index in [4.69, 9.17) is 11.6 Å². The van der Waals surface area contributed by atoms with Gasteiger partial charge in [-0.2, -0.15) is 8.42 Å². The first-order chi connectivity index (χ1) is 14.3. The third-order valence-electron chi connectivity index (χ3n) is 5.36. The highest BCUT2D eigenvalue weighted by molar-refractivity contribution is 7.90. The van der Waals surface area contributed by atoms with Gasteiger partial charge in [0.1, 0.15) is 16.5 Å². The molecule has 1 fully saturated rings. The largest absolute Gasteiger partial charge is 0.348 e. The number of hydrogen-bond acceptors (Lipinski definition) is 4. The van der Waals surface area contributed by atoms with Crippen LogP contribution in [0.15, 0.2) is 39.6 Å². The maximum absolute atomic E-state index is 13.4. The van der Waals surface area contributed by atoms with Crippen molar-refractivity contribution in [3.05, 3.63) is 57.9 Å². The van der Waals surface area contributed by atoms with Crippen LogP contribution < -0.4 is 10.2 Å². The number of nitrogens with zero attached hydrogens (tertiary/aromatic N) is 2. The molecule has 0 unspecified atom stereocenters. The third-order valence-corrected chi connectivity index (χ3v) is 7.00. The summed E-state index contributed by atoms with van der Waals surface area (Å²) in [6.07, 6.45) is 3.41. The Labute approximate surface area is 179 Å². The van der Waals surface area contributed by atoms with Crippen LogP contribution in [0.4, 0.5) is 10.1 Å². The lowest BCUT2D eigenvalue weighted by Crippen LogP contribution is -2.35. The number of amides is 1. The Bertz CT molecular complexity index is 1160. The predicted octanol–water partition coefficient (Wildman–Crippen LogP) is 4.20. The van der Waals surface area contributed by atoms with Gasteiger partial charge in [0.2, 0.25) is 0 Å². The molecule has 1 amide bonds. The van der Waals surface area contributed by atoms with Gasteiger partial charge in [-0.1, -0.05) is 30.2 Å². The van der Waals surface area contributed by atoms with Crippen LogP contribution in [0.2, 0.25) is 5.02 Å². The number of carbonyl (C=O) groups excluding carboxylic acids is 1. The molecule has 2 heterocycles. The molecule has 30 heavy (non-hydrogen) atoms. The van der Waals surface area contributed by atoms with Gasteiger partial charge in [0.25, 0.3) is 15.9 Å². The topological polar surface area (TPSA) is 78.8 Å². The number of nitrogens with one attached hydrogen (secondary N) is 1. The average Bonchev–Trinajstić information content (AvgIpc) is 2.93. The summed E-state index contributed by atoms with van der Waals surface area (Å²) in [5.41, 5.74) is 1.73. The fourth-order valence-corrected chi connectivity index (χ4v) is 5.27. The van der Waals surface area contributed by atoms with Gasteiger partial charge in [-0.15, -0.1) is 4.40 Å². The number of sulfonamides is 1. The molecule has 0 radical (unpaired) electrons. The molecule has 158 valence electrons. The lowest BCUT2D eigenvalue weighted by Gasteiger charge is -2.30. The van der Waals surface area contributed by atoms with E-state index in [1.54, 1.807) is 19.1 Å². The van der Waals surface area contributed by atoms with Crippen molar-refractivity contribution in [1.82, 2.24) is 5.32 Å². The lowest BCUT2D eigenvalue weighted by molar-refractivity contribution is 0.0951. The number of amidine groups is 1. The second kappa shape index (κ2) is 8.00. The Hall–Kier alpha value is -2.45. The molecule has 4 rings (SSSR count).